The molecule has 118 valence electrons. The molecule has 1 aliphatic rings. The van der Waals surface area contributed by atoms with E-state index in [4.69, 9.17) is 0 Å². The minimum atomic E-state index is -0.455. The molecule has 3 rings (SSSR count). The van der Waals surface area contributed by atoms with Crippen molar-refractivity contribution in [2.24, 2.45) is 0 Å². The van der Waals surface area contributed by atoms with Crippen molar-refractivity contribution in [1.29, 1.82) is 0 Å². The topological polar surface area (TPSA) is 49.4 Å². The van der Waals surface area contributed by atoms with Gasteiger partial charge in [-0.25, -0.2) is 0 Å². The molecule has 1 saturated heterocycles. The van der Waals surface area contributed by atoms with Crippen molar-refractivity contribution < 1.29 is 9.59 Å². The van der Waals surface area contributed by atoms with E-state index in [2.05, 4.69) is 5.32 Å². The lowest BCUT2D eigenvalue weighted by Crippen LogP contribution is -2.41. The van der Waals surface area contributed by atoms with Crippen LogP contribution in [0, 0.1) is 13.8 Å². The number of amides is 2. The van der Waals surface area contributed by atoms with Crippen LogP contribution in [-0.2, 0) is 4.79 Å². The molecule has 1 heterocycles. The molecule has 2 aromatic rings. The lowest BCUT2D eigenvalue weighted by Gasteiger charge is -2.17. The number of rotatable bonds is 3. The zero-order valence-electron chi connectivity index (χ0n) is 13.4. The van der Waals surface area contributed by atoms with Gasteiger partial charge in [-0.1, -0.05) is 35.9 Å². The van der Waals surface area contributed by atoms with Gasteiger partial charge >= 0.3 is 0 Å². The number of aryl methyl sites for hydroxylation is 2. The van der Waals surface area contributed by atoms with Gasteiger partial charge in [-0.05, 0) is 44.0 Å². The van der Waals surface area contributed by atoms with Crippen molar-refractivity contribution in [2.75, 3.05) is 11.4 Å². The maximum atomic E-state index is 12.5. The van der Waals surface area contributed by atoms with Gasteiger partial charge in [0.1, 0.15) is 6.04 Å². The molecule has 1 aliphatic heterocycles. The maximum Gasteiger partial charge on any atom is 0.252 e. The summed E-state index contributed by atoms with van der Waals surface area (Å²) in [4.78, 5) is 26.7. The molecule has 0 spiro atoms. The highest BCUT2D eigenvalue weighted by Crippen LogP contribution is 2.21. The number of benzene rings is 2. The Hall–Kier alpha value is -2.62. The van der Waals surface area contributed by atoms with Gasteiger partial charge in [0, 0.05) is 17.8 Å². The van der Waals surface area contributed by atoms with Crippen LogP contribution in [0.5, 0.6) is 0 Å². The first-order chi connectivity index (χ1) is 11.1. The second-order valence-corrected chi connectivity index (χ2v) is 5.96. The number of nitrogens with zero attached hydrogens (tertiary/aromatic N) is 1. The normalized spacial score (nSPS) is 17.4. The van der Waals surface area contributed by atoms with Crippen LogP contribution < -0.4 is 10.2 Å². The molecule has 0 saturated carbocycles. The van der Waals surface area contributed by atoms with Crippen molar-refractivity contribution in [1.82, 2.24) is 5.32 Å². The standard InChI is InChI=1S/C19H20N2O2/c1-13-8-9-16(14(2)12-13)18(22)20-17-10-11-21(19(17)23)15-6-4-3-5-7-15/h3-9,12,17H,10-11H2,1-2H3,(H,20,22)/t17-/m0/s1. The van der Waals surface area contributed by atoms with E-state index in [-0.39, 0.29) is 11.8 Å². The SMILES string of the molecule is Cc1ccc(C(=O)N[C@H]2CCN(c3ccccc3)C2=O)c(C)c1. The molecule has 4 nitrogen and oxygen atoms in total. The van der Waals surface area contributed by atoms with E-state index in [0.717, 1.165) is 16.8 Å². The van der Waals surface area contributed by atoms with E-state index in [9.17, 15) is 9.59 Å². The van der Waals surface area contributed by atoms with Gasteiger partial charge in [-0.3, -0.25) is 9.59 Å². The van der Waals surface area contributed by atoms with Crippen molar-refractivity contribution in [3.05, 3.63) is 65.2 Å². The first kappa shape index (κ1) is 15.3. The Balaban J connectivity index is 1.72. The molecule has 1 fully saturated rings. The molecule has 0 unspecified atom stereocenters. The van der Waals surface area contributed by atoms with Crippen molar-refractivity contribution in [3.63, 3.8) is 0 Å². The fraction of sp³-hybridized carbons (Fsp3) is 0.263. The number of hydrogen-bond acceptors (Lipinski definition) is 2. The highest BCUT2D eigenvalue weighted by molar-refractivity contribution is 6.04. The van der Waals surface area contributed by atoms with Crippen LogP contribution in [0.2, 0.25) is 0 Å². The van der Waals surface area contributed by atoms with Crippen molar-refractivity contribution >= 4 is 17.5 Å². The quantitative estimate of drug-likeness (QED) is 0.948. The van der Waals surface area contributed by atoms with Gasteiger partial charge in [0.2, 0.25) is 5.91 Å². The number of hydrogen-bond donors (Lipinski definition) is 1. The molecular weight excluding hydrogens is 288 g/mol. The van der Waals surface area contributed by atoms with Crippen LogP contribution >= 0.6 is 0 Å². The largest absolute Gasteiger partial charge is 0.340 e. The number of anilines is 1. The Morgan fingerprint density at radius 1 is 1.13 bits per heavy atom. The highest BCUT2D eigenvalue weighted by atomic mass is 16.2. The Morgan fingerprint density at radius 3 is 2.57 bits per heavy atom. The van der Waals surface area contributed by atoms with E-state index in [1.165, 1.54) is 0 Å². The molecule has 1 N–H and O–H groups in total. The molecule has 0 aromatic heterocycles. The van der Waals surface area contributed by atoms with Gasteiger partial charge < -0.3 is 10.2 Å². The number of para-hydroxylation sites is 1. The summed E-state index contributed by atoms with van der Waals surface area (Å²) in [6.45, 7) is 4.53. The third kappa shape index (κ3) is 3.11. The Labute approximate surface area is 136 Å². The summed E-state index contributed by atoms with van der Waals surface area (Å²) in [6.07, 6.45) is 0.629. The van der Waals surface area contributed by atoms with E-state index in [1.54, 1.807) is 4.90 Å². The summed E-state index contributed by atoms with van der Waals surface area (Å²) < 4.78 is 0. The fourth-order valence-corrected chi connectivity index (χ4v) is 2.98. The maximum absolute atomic E-state index is 12.5. The molecular formula is C19H20N2O2. The smallest absolute Gasteiger partial charge is 0.252 e. The lowest BCUT2D eigenvalue weighted by atomic mass is 10.0. The molecule has 0 bridgehead atoms. The Bertz CT molecular complexity index is 740. The molecule has 4 heteroatoms. The average molecular weight is 308 g/mol. The molecule has 1 atom stereocenters. The Kier molecular flexibility index (Phi) is 4.15. The number of nitrogens with one attached hydrogen (secondary N) is 1. The Morgan fingerprint density at radius 2 is 1.87 bits per heavy atom. The van der Waals surface area contributed by atoms with Gasteiger partial charge in [-0.15, -0.1) is 0 Å². The summed E-state index contributed by atoms with van der Waals surface area (Å²) in [6, 6.07) is 14.8. The highest BCUT2D eigenvalue weighted by Gasteiger charge is 2.33. The monoisotopic (exact) mass is 308 g/mol. The van der Waals surface area contributed by atoms with E-state index in [1.807, 2.05) is 62.4 Å². The van der Waals surface area contributed by atoms with Gasteiger partial charge in [0.15, 0.2) is 0 Å². The summed E-state index contributed by atoms with van der Waals surface area (Å²) >= 11 is 0. The van der Waals surface area contributed by atoms with E-state index >= 15 is 0 Å². The van der Waals surface area contributed by atoms with Crippen LogP contribution in [0.3, 0.4) is 0 Å². The van der Waals surface area contributed by atoms with Crippen LogP contribution in [0.4, 0.5) is 5.69 Å². The molecule has 23 heavy (non-hydrogen) atoms. The van der Waals surface area contributed by atoms with Gasteiger partial charge in [-0.2, -0.15) is 0 Å². The minimum absolute atomic E-state index is 0.0469. The molecule has 2 aromatic carbocycles. The number of carbonyl (C=O) groups excluding carboxylic acids is 2. The predicted octanol–water partition coefficient (Wildman–Crippen LogP) is 2.84. The van der Waals surface area contributed by atoms with E-state index in [0.29, 0.717) is 18.5 Å². The van der Waals surface area contributed by atoms with Crippen LogP contribution in [0.15, 0.2) is 48.5 Å². The minimum Gasteiger partial charge on any atom is -0.340 e. The van der Waals surface area contributed by atoms with Crippen molar-refractivity contribution in [2.45, 2.75) is 26.3 Å². The second-order valence-electron chi connectivity index (χ2n) is 5.96. The summed E-state index contributed by atoms with van der Waals surface area (Å²) in [7, 11) is 0. The zero-order chi connectivity index (χ0) is 16.4. The predicted molar refractivity (Wildman–Crippen MR) is 90.6 cm³/mol. The van der Waals surface area contributed by atoms with Crippen LogP contribution in [0.25, 0.3) is 0 Å². The van der Waals surface area contributed by atoms with Gasteiger partial charge in [0.25, 0.3) is 5.91 Å². The zero-order valence-corrected chi connectivity index (χ0v) is 13.4. The lowest BCUT2D eigenvalue weighted by molar-refractivity contribution is -0.118. The molecule has 0 aliphatic carbocycles. The van der Waals surface area contributed by atoms with Crippen LogP contribution in [0.1, 0.15) is 27.9 Å². The second kappa shape index (κ2) is 6.24. The third-order valence-electron chi connectivity index (χ3n) is 4.21. The van der Waals surface area contributed by atoms with Crippen molar-refractivity contribution in [3.8, 4) is 0 Å². The average Bonchev–Trinajstić information content (AvgIpc) is 2.89. The molecule has 2 amide bonds. The first-order valence-corrected chi connectivity index (χ1v) is 7.81. The summed E-state index contributed by atoms with van der Waals surface area (Å²) in [5.74, 6) is -0.231. The van der Waals surface area contributed by atoms with Crippen LogP contribution in [-0.4, -0.2) is 24.4 Å². The molecule has 0 radical (unpaired) electrons. The van der Waals surface area contributed by atoms with E-state index < -0.39 is 6.04 Å². The fourth-order valence-electron chi connectivity index (χ4n) is 2.98. The summed E-state index contributed by atoms with van der Waals surface area (Å²) in [5.41, 5.74) is 3.54. The summed E-state index contributed by atoms with van der Waals surface area (Å²) in [5, 5.41) is 2.87. The number of carbonyl (C=O) groups is 2. The first-order valence-electron chi connectivity index (χ1n) is 7.81. The van der Waals surface area contributed by atoms with Gasteiger partial charge in [0.05, 0.1) is 0 Å². The third-order valence-corrected chi connectivity index (χ3v) is 4.21.